The van der Waals surface area contributed by atoms with Crippen LogP contribution in [0.1, 0.15) is 43.9 Å². The van der Waals surface area contributed by atoms with Crippen LogP contribution >= 0.6 is 0 Å². The van der Waals surface area contributed by atoms with Crippen LogP contribution < -0.4 is 10.6 Å². The predicted molar refractivity (Wildman–Crippen MR) is 73.8 cm³/mol. The van der Waals surface area contributed by atoms with Gasteiger partial charge in [-0.3, -0.25) is 0 Å². The van der Waals surface area contributed by atoms with Crippen molar-refractivity contribution in [3.05, 3.63) is 24.0 Å². The standard InChI is InChI=1S/C14H23N3O2/c1-17-9-5-8-12(17)13(18)10-15-14(19)16-11-6-3-2-4-7-11/h5,8-9,11,13,18H,2-4,6-7,10H2,1H3,(H2,15,16,19). The highest BCUT2D eigenvalue weighted by Crippen LogP contribution is 2.17. The Balaban J connectivity index is 1.72. The maximum atomic E-state index is 11.7. The van der Waals surface area contributed by atoms with Crippen molar-refractivity contribution in [3.8, 4) is 0 Å². The maximum absolute atomic E-state index is 11.7. The van der Waals surface area contributed by atoms with Crippen molar-refractivity contribution in [2.75, 3.05) is 6.54 Å². The fourth-order valence-corrected chi connectivity index (χ4v) is 2.60. The van der Waals surface area contributed by atoms with Gasteiger partial charge in [0.1, 0.15) is 6.10 Å². The fourth-order valence-electron chi connectivity index (χ4n) is 2.60. The van der Waals surface area contributed by atoms with Gasteiger partial charge in [0.15, 0.2) is 0 Å². The van der Waals surface area contributed by atoms with E-state index in [4.69, 9.17) is 0 Å². The molecule has 0 aromatic carbocycles. The average Bonchev–Trinajstić information content (AvgIpc) is 2.83. The van der Waals surface area contributed by atoms with Gasteiger partial charge >= 0.3 is 6.03 Å². The number of nitrogens with zero attached hydrogens (tertiary/aromatic N) is 1. The minimum Gasteiger partial charge on any atom is -0.385 e. The van der Waals surface area contributed by atoms with E-state index in [1.807, 2.05) is 29.9 Å². The number of nitrogens with one attached hydrogen (secondary N) is 2. The molecular weight excluding hydrogens is 242 g/mol. The minimum atomic E-state index is -0.669. The number of amides is 2. The van der Waals surface area contributed by atoms with E-state index in [2.05, 4.69) is 10.6 Å². The van der Waals surface area contributed by atoms with Crippen LogP contribution in [0.2, 0.25) is 0 Å². The third kappa shape index (κ3) is 3.99. The van der Waals surface area contributed by atoms with E-state index < -0.39 is 6.10 Å². The lowest BCUT2D eigenvalue weighted by molar-refractivity contribution is 0.165. The molecule has 1 aliphatic rings. The summed E-state index contributed by atoms with van der Waals surface area (Å²) in [7, 11) is 1.88. The van der Waals surface area contributed by atoms with E-state index in [-0.39, 0.29) is 12.6 Å². The summed E-state index contributed by atoms with van der Waals surface area (Å²) in [6.45, 7) is 0.233. The first-order valence-corrected chi connectivity index (χ1v) is 7.00. The van der Waals surface area contributed by atoms with Crippen molar-refractivity contribution in [1.82, 2.24) is 15.2 Å². The van der Waals surface area contributed by atoms with Gasteiger partial charge in [-0.1, -0.05) is 19.3 Å². The molecule has 106 valence electrons. The van der Waals surface area contributed by atoms with Crippen LogP contribution in [0.4, 0.5) is 4.79 Å². The molecule has 2 rings (SSSR count). The van der Waals surface area contributed by atoms with Crippen LogP contribution in [0.5, 0.6) is 0 Å². The SMILES string of the molecule is Cn1cccc1C(O)CNC(=O)NC1CCCCC1. The number of aliphatic hydroxyl groups is 1. The molecule has 5 heteroatoms. The van der Waals surface area contributed by atoms with Gasteiger partial charge < -0.3 is 20.3 Å². The number of aryl methyl sites for hydroxylation is 1. The van der Waals surface area contributed by atoms with Crippen molar-refractivity contribution in [3.63, 3.8) is 0 Å². The Hall–Kier alpha value is -1.49. The van der Waals surface area contributed by atoms with Gasteiger partial charge in [-0.25, -0.2) is 4.79 Å². The molecule has 3 N–H and O–H groups in total. The fraction of sp³-hybridized carbons (Fsp3) is 0.643. The highest BCUT2D eigenvalue weighted by Gasteiger charge is 2.16. The first-order chi connectivity index (χ1) is 9.16. The Morgan fingerprint density at radius 3 is 2.84 bits per heavy atom. The summed E-state index contributed by atoms with van der Waals surface area (Å²) in [6.07, 6.45) is 6.99. The van der Waals surface area contributed by atoms with Crippen molar-refractivity contribution in [2.24, 2.45) is 7.05 Å². The summed E-state index contributed by atoms with van der Waals surface area (Å²) in [5.74, 6) is 0. The number of hydrogen-bond acceptors (Lipinski definition) is 2. The topological polar surface area (TPSA) is 66.3 Å². The zero-order valence-electron chi connectivity index (χ0n) is 11.4. The normalized spacial score (nSPS) is 18.0. The molecule has 1 fully saturated rings. The summed E-state index contributed by atoms with van der Waals surface area (Å²) < 4.78 is 1.85. The summed E-state index contributed by atoms with van der Waals surface area (Å²) >= 11 is 0. The number of urea groups is 1. The summed E-state index contributed by atoms with van der Waals surface area (Å²) in [5.41, 5.74) is 0.804. The van der Waals surface area contributed by atoms with Gasteiger partial charge in [0, 0.05) is 25.0 Å². The number of carbonyl (C=O) groups excluding carboxylic acids is 1. The lowest BCUT2D eigenvalue weighted by Gasteiger charge is -2.23. The van der Waals surface area contributed by atoms with Gasteiger partial charge in [-0.15, -0.1) is 0 Å². The number of rotatable bonds is 4. The van der Waals surface area contributed by atoms with Crippen LogP contribution in [0.15, 0.2) is 18.3 Å². The second kappa shape index (κ2) is 6.61. The summed E-state index contributed by atoms with van der Waals surface area (Å²) in [5, 5.41) is 15.7. The monoisotopic (exact) mass is 265 g/mol. The molecule has 1 aliphatic carbocycles. The molecule has 1 unspecified atom stereocenters. The molecule has 1 saturated carbocycles. The lowest BCUT2D eigenvalue weighted by Crippen LogP contribution is -2.44. The summed E-state index contributed by atoms with van der Waals surface area (Å²) in [4.78, 5) is 11.7. The zero-order chi connectivity index (χ0) is 13.7. The Morgan fingerprint density at radius 1 is 1.47 bits per heavy atom. The largest absolute Gasteiger partial charge is 0.385 e. The molecule has 1 aromatic heterocycles. The van der Waals surface area contributed by atoms with E-state index in [9.17, 15) is 9.90 Å². The Morgan fingerprint density at radius 2 is 2.21 bits per heavy atom. The molecule has 5 nitrogen and oxygen atoms in total. The Labute approximate surface area is 114 Å². The van der Waals surface area contributed by atoms with Crippen molar-refractivity contribution in [1.29, 1.82) is 0 Å². The van der Waals surface area contributed by atoms with E-state index in [1.165, 1.54) is 19.3 Å². The Bertz CT molecular complexity index is 411. The van der Waals surface area contributed by atoms with E-state index in [0.717, 1.165) is 18.5 Å². The molecule has 0 saturated heterocycles. The third-order valence-electron chi connectivity index (χ3n) is 3.72. The maximum Gasteiger partial charge on any atom is 0.315 e. The van der Waals surface area contributed by atoms with Crippen LogP contribution in [0.25, 0.3) is 0 Å². The first-order valence-electron chi connectivity index (χ1n) is 7.00. The first kappa shape index (κ1) is 13.9. The van der Waals surface area contributed by atoms with Gasteiger partial charge in [0.05, 0.1) is 6.54 Å². The molecule has 19 heavy (non-hydrogen) atoms. The molecule has 1 aromatic rings. The lowest BCUT2D eigenvalue weighted by atomic mass is 9.96. The van der Waals surface area contributed by atoms with Crippen molar-refractivity contribution < 1.29 is 9.90 Å². The van der Waals surface area contributed by atoms with Crippen molar-refractivity contribution in [2.45, 2.75) is 44.2 Å². The number of hydrogen-bond donors (Lipinski definition) is 3. The molecule has 2 amide bonds. The highest BCUT2D eigenvalue weighted by atomic mass is 16.3. The van der Waals surface area contributed by atoms with E-state index >= 15 is 0 Å². The average molecular weight is 265 g/mol. The molecule has 1 heterocycles. The smallest absolute Gasteiger partial charge is 0.315 e. The third-order valence-corrected chi connectivity index (χ3v) is 3.72. The van der Waals surface area contributed by atoms with Crippen LogP contribution in [0, 0.1) is 0 Å². The predicted octanol–water partition coefficient (Wildman–Crippen LogP) is 1.69. The van der Waals surface area contributed by atoms with Gasteiger partial charge in [-0.05, 0) is 25.0 Å². The number of carbonyl (C=O) groups is 1. The second-order valence-corrected chi connectivity index (χ2v) is 5.25. The molecule has 0 radical (unpaired) electrons. The van der Waals surface area contributed by atoms with Gasteiger partial charge in [0.2, 0.25) is 0 Å². The van der Waals surface area contributed by atoms with E-state index in [0.29, 0.717) is 6.04 Å². The van der Waals surface area contributed by atoms with E-state index in [1.54, 1.807) is 0 Å². The van der Waals surface area contributed by atoms with Crippen LogP contribution in [-0.2, 0) is 7.05 Å². The number of aromatic nitrogens is 1. The van der Waals surface area contributed by atoms with Crippen molar-refractivity contribution >= 4 is 6.03 Å². The van der Waals surface area contributed by atoms with Gasteiger partial charge in [0.25, 0.3) is 0 Å². The molecular formula is C14H23N3O2. The molecule has 0 aliphatic heterocycles. The van der Waals surface area contributed by atoms with Gasteiger partial charge in [-0.2, -0.15) is 0 Å². The van der Waals surface area contributed by atoms with Crippen LogP contribution in [0.3, 0.4) is 0 Å². The quantitative estimate of drug-likeness (QED) is 0.775. The summed E-state index contributed by atoms with van der Waals surface area (Å²) in [6, 6.07) is 3.84. The Kier molecular flexibility index (Phi) is 4.85. The molecule has 0 spiro atoms. The molecule has 1 atom stereocenters. The number of aliphatic hydroxyl groups excluding tert-OH is 1. The molecule has 0 bridgehead atoms. The second-order valence-electron chi connectivity index (χ2n) is 5.25. The van der Waals surface area contributed by atoms with Crippen LogP contribution in [-0.4, -0.2) is 28.3 Å². The zero-order valence-corrected chi connectivity index (χ0v) is 11.4. The minimum absolute atomic E-state index is 0.180. The highest BCUT2D eigenvalue weighted by molar-refractivity contribution is 5.74.